The highest BCUT2D eigenvalue weighted by atomic mass is 16.4. The average Bonchev–Trinajstić information content (AvgIpc) is 2.53. The van der Waals surface area contributed by atoms with Crippen molar-refractivity contribution in [2.75, 3.05) is 6.54 Å². The van der Waals surface area contributed by atoms with Gasteiger partial charge in [-0.1, -0.05) is 26.2 Å². The number of hydrogen-bond acceptors (Lipinski definition) is 2. The molecule has 0 aromatic rings. The van der Waals surface area contributed by atoms with Crippen molar-refractivity contribution in [2.24, 2.45) is 17.8 Å². The number of carboxylic acids is 1. The molecule has 1 heterocycles. The highest BCUT2D eigenvalue weighted by molar-refractivity contribution is 5.71. The van der Waals surface area contributed by atoms with Crippen LogP contribution in [-0.2, 0) is 4.79 Å². The summed E-state index contributed by atoms with van der Waals surface area (Å²) in [6, 6.07) is 1.00. The van der Waals surface area contributed by atoms with Gasteiger partial charge >= 0.3 is 5.97 Å². The van der Waals surface area contributed by atoms with E-state index in [0.29, 0.717) is 12.1 Å². The number of aliphatic carboxylic acids is 1. The fourth-order valence-corrected chi connectivity index (χ4v) is 5.33. The molecule has 3 unspecified atom stereocenters. The minimum atomic E-state index is -0.549. The molecule has 21 heavy (non-hydrogen) atoms. The first kappa shape index (κ1) is 15.3. The van der Waals surface area contributed by atoms with Gasteiger partial charge in [0.2, 0.25) is 0 Å². The second kappa shape index (κ2) is 6.68. The maximum atomic E-state index is 11.7. The van der Waals surface area contributed by atoms with E-state index in [-0.39, 0.29) is 5.92 Å². The summed E-state index contributed by atoms with van der Waals surface area (Å²) < 4.78 is 0. The monoisotopic (exact) mass is 293 g/mol. The van der Waals surface area contributed by atoms with Crippen LogP contribution in [0.3, 0.4) is 0 Å². The highest BCUT2D eigenvalue weighted by Gasteiger charge is 2.43. The number of hydrogen-bond donors (Lipinski definition) is 1. The van der Waals surface area contributed by atoms with E-state index in [1.807, 2.05) is 0 Å². The molecule has 3 aliphatic rings. The SMILES string of the molecule is CCC1CCC(C(=O)O)C(N2CCC[C@H]3CCCC[C@H]32)C1. The Morgan fingerprint density at radius 2 is 1.81 bits per heavy atom. The van der Waals surface area contributed by atoms with Crippen LogP contribution in [0, 0.1) is 17.8 Å². The predicted molar refractivity (Wildman–Crippen MR) is 84.2 cm³/mol. The molecule has 0 bridgehead atoms. The molecule has 2 aliphatic carbocycles. The van der Waals surface area contributed by atoms with Gasteiger partial charge in [-0.2, -0.15) is 0 Å². The molecule has 1 saturated heterocycles. The zero-order valence-electron chi connectivity index (χ0n) is 13.5. The topological polar surface area (TPSA) is 40.5 Å². The normalized spacial score (nSPS) is 41.5. The van der Waals surface area contributed by atoms with Crippen LogP contribution >= 0.6 is 0 Å². The number of nitrogens with zero attached hydrogens (tertiary/aromatic N) is 1. The number of fused-ring (bicyclic) bond motifs is 1. The maximum absolute atomic E-state index is 11.7. The quantitative estimate of drug-likeness (QED) is 0.857. The van der Waals surface area contributed by atoms with E-state index in [2.05, 4.69) is 11.8 Å². The molecule has 0 radical (unpaired) electrons. The number of rotatable bonds is 3. The van der Waals surface area contributed by atoms with Crippen molar-refractivity contribution in [1.82, 2.24) is 4.90 Å². The van der Waals surface area contributed by atoms with E-state index in [1.54, 1.807) is 0 Å². The molecule has 0 aromatic carbocycles. The Balaban J connectivity index is 1.78. The minimum absolute atomic E-state index is 0.117. The zero-order chi connectivity index (χ0) is 14.8. The number of likely N-dealkylation sites (tertiary alicyclic amines) is 1. The molecular formula is C18H31NO2. The van der Waals surface area contributed by atoms with Crippen LogP contribution in [0.1, 0.15) is 71.1 Å². The summed E-state index contributed by atoms with van der Waals surface area (Å²) in [5.74, 6) is 0.930. The van der Waals surface area contributed by atoms with E-state index < -0.39 is 5.97 Å². The molecule has 5 atom stereocenters. The van der Waals surface area contributed by atoms with Crippen molar-refractivity contribution in [1.29, 1.82) is 0 Å². The molecule has 3 rings (SSSR count). The van der Waals surface area contributed by atoms with E-state index in [0.717, 1.165) is 37.6 Å². The second-order valence-corrected chi connectivity index (χ2v) is 7.59. The third-order valence-electron chi connectivity index (χ3n) is 6.53. The Hall–Kier alpha value is -0.570. The fraction of sp³-hybridized carbons (Fsp3) is 0.944. The van der Waals surface area contributed by atoms with Gasteiger partial charge in [-0.05, 0) is 63.3 Å². The largest absolute Gasteiger partial charge is 0.481 e. The van der Waals surface area contributed by atoms with E-state index in [1.165, 1.54) is 44.9 Å². The number of carbonyl (C=O) groups is 1. The Kier molecular flexibility index (Phi) is 4.88. The van der Waals surface area contributed by atoms with Crippen molar-refractivity contribution < 1.29 is 9.90 Å². The molecule has 0 aromatic heterocycles. The van der Waals surface area contributed by atoms with Crippen molar-refractivity contribution in [2.45, 2.75) is 83.2 Å². The minimum Gasteiger partial charge on any atom is -0.481 e. The van der Waals surface area contributed by atoms with Gasteiger partial charge in [0.15, 0.2) is 0 Å². The van der Waals surface area contributed by atoms with Crippen LogP contribution in [0.5, 0.6) is 0 Å². The average molecular weight is 293 g/mol. The van der Waals surface area contributed by atoms with Crippen LogP contribution in [0.15, 0.2) is 0 Å². The third-order valence-corrected chi connectivity index (χ3v) is 6.53. The van der Waals surface area contributed by atoms with E-state index in [4.69, 9.17) is 0 Å². The summed E-state index contributed by atoms with van der Waals surface area (Å²) in [6.45, 7) is 3.41. The van der Waals surface area contributed by atoms with Crippen LogP contribution in [0.4, 0.5) is 0 Å². The summed E-state index contributed by atoms with van der Waals surface area (Å²) in [6.07, 6.45) is 12.4. The molecular weight excluding hydrogens is 262 g/mol. The Bertz CT molecular complexity index is 368. The summed E-state index contributed by atoms with van der Waals surface area (Å²) in [7, 11) is 0. The van der Waals surface area contributed by atoms with Gasteiger partial charge in [0.25, 0.3) is 0 Å². The van der Waals surface area contributed by atoms with Gasteiger partial charge < -0.3 is 5.11 Å². The lowest BCUT2D eigenvalue weighted by atomic mass is 9.72. The number of piperidine rings is 1. The lowest BCUT2D eigenvalue weighted by molar-refractivity contribution is -0.148. The highest BCUT2D eigenvalue weighted by Crippen LogP contribution is 2.41. The molecule has 2 saturated carbocycles. The van der Waals surface area contributed by atoms with E-state index >= 15 is 0 Å². The van der Waals surface area contributed by atoms with Gasteiger partial charge in [0, 0.05) is 12.1 Å². The molecule has 1 N–H and O–H groups in total. The van der Waals surface area contributed by atoms with Crippen LogP contribution < -0.4 is 0 Å². The van der Waals surface area contributed by atoms with Gasteiger partial charge in [0.05, 0.1) is 5.92 Å². The summed E-state index contributed by atoms with van der Waals surface area (Å²) in [5, 5.41) is 9.67. The molecule has 120 valence electrons. The van der Waals surface area contributed by atoms with Gasteiger partial charge in [-0.25, -0.2) is 0 Å². The van der Waals surface area contributed by atoms with Crippen molar-refractivity contribution in [3.05, 3.63) is 0 Å². The van der Waals surface area contributed by atoms with Gasteiger partial charge in [-0.3, -0.25) is 9.69 Å². The number of carboxylic acid groups (broad SMARTS) is 1. The summed E-state index contributed by atoms with van der Waals surface area (Å²) >= 11 is 0. The van der Waals surface area contributed by atoms with Crippen molar-refractivity contribution in [3.8, 4) is 0 Å². The van der Waals surface area contributed by atoms with Crippen LogP contribution in [0.2, 0.25) is 0 Å². The zero-order valence-corrected chi connectivity index (χ0v) is 13.5. The third kappa shape index (κ3) is 3.13. The molecule has 0 spiro atoms. The molecule has 3 nitrogen and oxygen atoms in total. The first-order chi connectivity index (χ1) is 10.2. The molecule has 1 aliphatic heterocycles. The van der Waals surface area contributed by atoms with Gasteiger partial charge in [0.1, 0.15) is 0 Å². The lowest BCUT2D eigenvalue weighted by Gasteiger charge is -2.51. The predicted octanol–water partition coefficient (Wildman–Crippen LogP) is 3.92. The Labute approximate surface area is 129 Å². The van der Waals surface area contributed by atoms with Gasteiger partial charge in [-0.15, -0.1) is 0 Å². The summed E-state index contributed by atoms with van der Waals surface area (Å²) in [4.78, 5) is 14.4. The first-order valence-corrected chi connectivity index (χ1v) is 9.19. The molecule has 0 amide bonds. The Morgan fingerprint density at radius 3 is 2.57 bits per heavy atom. The van der Waals surface area contributed by atoms with Crippen molar-refractivity contribution in [3.63, 3.8) is 0 Å². The fourth-order valence-electron chi connectivity index (χ4n) is 5.33. The Morgan fingerprint density at radius 1 is 1.05 bits per heavy atom. The van der Waals surface area contributed by atoms with Crippen LogP contribution in [-0.4, -0.2) is 34.6 Å². The smallest absolute Gasteiger partial charge is 0.308 e. The maximum Gasteiger partial charge on any atom is 0.308 e. The van der Waals surface area contributed by atoms with E-state index in [9.17, 15) is 9.90 Å². The van der Waals surface area contributed by atoms with Crippen LogP contribution in [0.25, 0.3) is 0 Å². The lowest BCUT2D eigenvalue weighted by Crippen LogP contribution is -2.56. The molecule has 3 heteroatoms. The second-order valence-electron chi connectivity index (χ2n) is 7.59. The van der Waals surface area contributed by atoms with Crippen molar-refractivity contribution >= 4 is 5.97 Å². The standard InChI is InChI=1S/C18H31NO2/c1-2-13-9-10-15(18(20)21)17(12-13)19-11-5-7-14-6-3-4-8-16(14)19/h13-17H,2-12H2,1H3,(H,20,21)/t13?,14-,15?,16-,17?/m1/s1. The molecule has 3 fully saturated rings. The first-order valence-electron chi connectivity index (χ1n) is 9.19. The summed E-state index contributed by atoms with van der Waals surface area (Å²) in [5.41, 5.74) is 0.